The molecular formula is C23H27N2O3S+. The minimum absolute atomic E-state index is 0.271. The van der Waals surface area contributed by atoms with Gasteiger partial charge in [0, 0.05) is 12.0 Å². The third-order valence-corrected chi connectivity index (χ3v) is 6.46. The molecule has 1 aromatic carbocycles. The Hall–Kier alpha value is -2.28. The number of carbonyl (C=O) groups excluding carboxylic acids is 1. The lowest BCUT2D eigenvalue weighted by Crippen LogP contribution is -3.10. The molecule has 3 aromatic rings. The smallest absolute Gasteiger partial charge is 0.340 e. The summed E-state index contributed by atoms with van der Waals surface area (Å²) in [6.45, 7) is 5.29. The number of ether oxygens (including phenoxy) is 2. The predicted molar refractivity (Wildman–Crippen MR) is 114 cm³/mol. The van der Waals surface area contributed by atoms with Crippen LogP contribution in [0.1, 0.15) is 39.3 Å². The first-order valence-corrected chi connectivity index (χ1v) is 11.0. The number of pyridine rings is 1. The summed E-state index contributed by atoms with van der Waals surface area (Å²) in [6.07, 6.45) is 2.49. The Bertz CT molecular complexity index is 981. The van der Waals surface area contributed by atoms with Gasteiger partial charge in [0.25, 0.3) is 0 Å². The van der Waals surface area contributed by atoms with Crippen LogP contribution in [-0.4, -0.2) is 37.3 Å². The summed E-state index contributed by atoms with van der Waals surface area (Å²) < 4.78 is 11.0. The van der Waals surface area contributed by atoms with Gasteiger partial charge in [-0.2, -0.15) is 0 Å². The number of methoxy groups -OCH3 is 1. The number of hydrogen-bond acceptors (Lipinski definition) is 5. The van der Waals surface area contributed by atoms with Crippen molar-refractivity contribution in [1.82, 2.24) is 4.98 Å². The van der Waals surface area contributed by atoms with E-state index in [2.05, 4.69) is 17.5 Å². The van der Waals surface area contributed by atoms with Gasteiger partial charge in [0.1, 0.15) is 31.4 Å². The molecule has 0 saturated carbocycles. The van der Waals surface area contributed by atoms with Gasteiger partial charge >= 0.3 is 5.97 Å². The molecule has 0 aliphatic carbocycles. The second-order valence-electron chi connectivity index (χ2n) is 7.59. The number of carbonyl (C=O) groups is 1. The van der Waals surface area contributed by atoms with Crippen LogP contribution in [0.5, 0.6) is 0 Å². The lowest BCUT2D eigenvalue weighted by molar-refractivity contribution is -0.930. The Balaban J connectivity index is 1.70. The number of hydrogen-bond donors (Lipinski definition) is 1. The average molecular weight is 412 g/mol. The number of benzene rings is 1. The molecule has 1 N–H and O–H groups in total. The molecule has 2 atom stereocenters. The SMILES string of the molecule is COC(=O)c1c(C[NH+](Cc2cccs2)C[C@H]2CCCO2)nc2ccccc2c1C. The minimum atomic E-state index is -0.316. The van der Waals surface area contributed by atoms with Gasteiger partial charge < -0.3 is 14.4 Å². The summed E-state index contributed by atoms with van der Waals surface area (Å²) in [5.41, 5.74) is 3.25. The van der Waals surface area contributed by atoms with Crippen molar-refractivity contribution in [3.05, 3.63) is 63.5 Å². The van der Waals surface area contributed by atoms with E-state index in [0.717, 1.165) is 54.7 Å². The number of aryl methyl sites for hydroxylation is 1. The second-order valence-corrected chi connectivity index (χ2v) is 8.62. The number of aromatic nitrogens is 1. The summed E-state index contributed by atoms with van der Waals surface area (Å²) in [5, 5.41) is 3.10. The zero-order valence-electron chi connectivity index (χ0n) is 16.9. The number of fused-ring (bicyclic) bond motifs is 1. The molecule has 29 heavy (non-hydrogen) atoms. The van der Waals surface area contributed by atoms with E-state index in [1.54, 1.807) is 11.3 Å². The molecule has 152 valence electrons. The fourth-order valence-corrected chi connectivity index (χ4v) is 4.95. The van der Waals surface area contributed by atoms with E-state index >= 15 is 0 Å². The van der Waals surface area contributed by atoms with Crippen molar-refractivity contribution < 1.29 is 19.2 Å². The van der Waals surface area contributed by atoms with E-state index in [1.165, 1.54) is 16.9 Å². The number of rotatable bonds is 7. The number of para-hydroxylation sites is 1. The third kappa shape index (κ3) is 4.50. The van der Waals surface area contributed by atoms with Crippen LogP contribution in [0.25, 0.3) is 10.9 Å². The van der Waals surface area contributed by atoms with Crippen LogP contribution >= 0.6 is 11.3 Å². The molecule has 1 fully saturated rings. The van der Waals surface area contributed by atoms with E-state index < -0.39 is 0 Å². The Morgan fingerprint density at radius 1 is 1.28 bits per heavy atom. The molecule has 3 heterocycles. The van der Waals surface area contributed by atoms with Gasteiger partial charge in [-0.05, 0) is 42.8 Å². The lowest BCUT2D eigenvalue weighted by Gasteiger charge is -2.23. The Kier molecular flexibility index (Phi) is 6.23. The molecule has 2 aromatic heterocycles. The van der Waals surface area contributed by atoms with E-state index in [9.17, 15) is 4.79 Å². The van der Waals surface area contributed by atoms with Crippen LogP contribution in [0.2, 0.25) is 0 Å². The molecule has 4 rings (SSSR count). The van der Waals surface area contributed by atoms with Crippen LogP contribution in [0.15, 0.2) is 41.8 Å². The number of nitrogens with zero attached hydrogens (tertiary/aromatic N) is 1. The third-order valence-electron chi connectivity index (χ3n) is 5.58. The Labute approximate surface area is 175 Å². The minimum Gasteiger partial charge on any atom is -0.465 e. The largest absolute Gasteiger partial charge is 0.465 e. The molecule has 5 nitrogen and oxygen atoms in total. The lowest BCUT2D eigenvalue weighted by atomic mass is 10.0. The molecule has 1 unspecified atom stereocenters. The first-order valence-electron chi connectivity index (χ1n) is 10.1. The normalized spacial score (nSPS) is 17.5. The molecule has 1 saturated heterocycles. The Morgan fingerprint density at radius 3 is 2.86 bits per heavy atom. The highest BCUT2D eigenvalue weighted by Gasteiger charge is 2.26. The standard InChI is InChI=1S/C23H26N2O3S/c1-16-19-9-3-4-10-20(19)24-21(22(16)23(26)27-2)15-25(13-17-7-5-11-28-17)14-18-8-6-12-29-18/h3-4,6,8-10,12,17H,5,7,11,13-15H2,1-2H3/p+1/t17-/m1/s1. The number of esters is 1. The van der Waals surface area contributed by atoms with E-state index in [0.29, 0.717) is 12.1 Å². The fourth-order valence-electron chi connectivity index (χ4n) is 4.17. The van der Waals surface area contributed by atoms with Crippen LogP contribution in [0.4, 0.5) is 0 Å². The highest BCUT2D eigenvalue weighted by atomic mass is 32.1. The van der Waals surface area contributed by atoms with Crippen molar-refractivity contribution in [2.24, 2.45) is 0 Å². The van der Waals surface area contributed by atoms with Crippen molar-refractivity contribution in [2.45, 2.75) is 39.0 Å². The second kappa shape index (κ2) is 9.03. The van der Waals surface area contributed by atoms with Crippen LogP contribution in [0.3, 0.4) is 0 Å². The topological polar surface area (TPSA) is 52.9 Å². The molecule has 1 aliphatic rings. The summed E-state index contributed by atoms with van der Waals surface area (Å²) >= 11 is 1.77. The van der Waals surface area contributed by atoms with Crippen molar-refractivity contribution in [1.29, 1.82) is 0 Å². The van der Waals surface area contributed by atoms with E-state index in [1.807, 2.05) is 31.2 Å². The van der Waals surface area contributed by atoms with Crippen molar-refractivity contribution in [3.8, 4) is 0 Å². The maximum atomic E-state index is 12.6. The Morgan fingerprint density at radius 2 is 2.14 bits per heavy atom. The molecular weight excluding hydrogens is 384 g/mol. The van der Waals surface area contributed by atoms with Crippen molar-refractivity contribution in [3.63, 3.8) is 0 Å². The zero-order chi connectivity index (χ0) is 20.2. The molecule has 1 aliphatic heterocycles. The summed E-state index contributed by atoms with van der Waals surface area (Å²) in [6, 6.07) is 12.2. The maximum Gasteiger partial charge on any atom is 0.340 e. The predicted octanol–water partition coefficient (Wildman–Crippen LogP) is 3.16. The molecule has 6 heteroatoms. The fraction of sp³-hybridized carbons (Fsp3) is 0.391. The number of thiophene rings is 1. The monoisotopic (exact) mass is 411 g/mol. The zero-order valence-corrected chi connectivity index (χ0v) is 17.8. The first-order chi connectivity index (χ1) is 14.2. The van der Waals surface area contributed by atoms with Crippen molar-refractivity contribution in [2.75, 3.05) is 20.3 Å². The van der Waals surface area contributed by atoms with Gasteiger partial charge in [-0.3, -0.25) is 0 Å². The molecule has 0 bridgehead atoms. The van der Waals surface area contributed by atoms with Gasteiger partial charge in [0.2, 0.25) is 0 Å². The van der Waals surface area contributed by atoms with Gasteiger partial charge in [0.15, 0.2) is 0 Å². The van der Waals surface area contributed by atoms with Gasteiger partial charge in [0.05, 0.1) is 23.1 Å². The van der Waals surface area contributed by atoms with Crippen LogP contribution < -0.4 is 4.90 Å². The summed E-state index contributed by atoms with van der Waals surface area (Å²) in [7, 11) is 1.43. The van der Waals surface area contributed by atoms with Gasteiger partial charge in [-0.15, -0.1) is 11.3 Å². The van der Waals surface area contributed by atoms with Crippen molar-refractivity contribution >= 4 is 28.2 Å². The summed E-state index contributed by atoms with van der Waals surface area (Å²) in [4.78, 5) is 20.2. The maximum absolute atomic E-state index is 12.6. The van der Waals surface area contributed by atoms with E-state index in [-0.39, 0.29) is 12.1 Å². The highest BCUT2D eigenvalue weighted by Crippen LogP contribution is 2.23. The highest BCUT2D eigenvalue weighted by molar-refractivity contribution is 7.09. The molecule has 0 radical (unpaired) electrons. The van der Waals surface area contributed by atoms with E-state index in [4.69, 9.17) is 14.5 Å². The van der Waals surface area contributed by atoms with Crippen LogP contribution in [-0.2, 0) is 22.6 Å². The average Bonchev–Trinajstić information content (AvgIpc) is 3.42. The molecule has 0 amide bonds. The van der Waals surface area contributed by atoms with Gasteiger partial charge in [-0.1, -0.05) is 24.3 Å². The van der Waals surface area contributed by atoms with Crippen LogP contribution in [0, 0.1) is 6.92 Å². The summed E-state index contributed by atoms with van der Waals surface area (Å²) in [5.74, 6) is -0.316. The quantitative estimate of drug-likeness (QED) is 0.607. The molecule has 0 spiro atoms. The number of quaternary nitrogens is 1. The van der Waals surface area contributed by atoms with Gasteiger partial charge in [-0.25, -0.2) is 9.78 Å². The first kappa shape index (κ1) is 20.0. The number of nitrogens with one attached hydrogen (secondary N) is 1.